The van der Waals surface area contributed by atoms with E-state index >= 15 is 0 Å². The van der Waals surface area contributed by atoms with E-state index in [2.05, 4.69) is 36.4 Å². The molecule has 1 aliphatic heterocycles. The predicted molar refractivity (Wildman–Crippen MR) is 165 cm³/mol. The molecule has 0 saturated carbocycles. The molecule has 1 saturated heterocycles. The molecule has 44 heavy (non-hydrogen) atoms. The number of hydrogen-bond donors (Lipinski definition) is 2. The Bertz CT molecular complexity index is 1670. The fourth-order valence-corrected chi connectivity index (χ4v) is 4.92. The Balaban J connectivity index is 1.19. The standard InChI is InChI=1S/C33H36F2N6O3/c1-20-6-9-24(10-7-20)41-29(18-28(39-41)33(3,4)5)38-32(43)37-23-16-21(2)30(36-19-23)44-25-12-14-40(15-13-25)31(42)26-11-8-22(34)17-27(26)35/h6-11,16-19,25H,12-15H2,1-5H3,(H2,37,38,43). The van der Waals surface area contributed by atoms with E-state index in [4.69, 9.17) is 9.84 Å². The van der Waals surface area contributed by atoms with Crippen molar-refractivity contribution < 1.29 is 23.1 Å². The molecule has 3 amide bonds. The van der Waals surface area contributed by atoms with E-state index in [0.29, 0.717) is 49.4 Å². The number of pyridine rings is 1. The summed E-state index contributed by atoms with van der Waals surface area (Å²) in [6, 6.07) is 14.1. The van der Waals surface area contributed by atoms with Gasteiger partial charge in [0.2, 0.25) is 5.88 Å². The SMILES string of the molecule is Cc1ccc(-n2nc(C(C)(C)C)cc2NC(=O)Nc2cnc(OC3CCN(C(=O)c4ccc(F)cc4F)CC3)c(C)c2)cc1. The van der Waals surface area contributed by atoms with Crippen LogP contribution < -0.4 is 15.4 Å². The lowest BCUT2D eigenvalue weighted by molar-refractivity contribution is 0.0582. The minimum atomic E-state index is -0.873. The molecule has 0 atom stereocenters. The lowest BCUT2D eigenvalue weighted by Crippen LogP contribution is -2.42. The number of carbonyl (C=O) groups is 2. The van der Waals surface area contributed by atoms with Crippen LogP contribution in [-0.2, 0) is 5.41 Å². The Kier molecular flexibility index (Phi) is 8.66. The van der Waals surface area contributed by atoms with Crippen LogP contribution in [0.25, 0.3) is 5.69 Å². The summed E-state index contributed by atoms with van der Waals surface area (Å²) in [6.07, 6.45) is 2.40. The number of nitrogens with zero attached hydrogens (tertiary/aromatic N) is 4. The topological polar surface area (TPSA) is 101 Å². The van der Waals surface area contributed by atoms with E-state index < -0.39 is 23.6 Å². The van der Waals surface area contributed by atoms with Crippen LogP contribution in [-0.4, -0.2) is 50.8 Å². The van der Waals surface area contributed by atoms with Crippen LogP contribution in [0.4, 0.5) is 25.1 Å². The third kappa shape index (κ3) is 7.04. The van der Waals surface area contributed by atoms with Gasteiger partial charge in [-0.1, -0.05) is 38.5 Å². The summed E-state index contributed by atoms with van der Waals surface area (Å²) >= 11 is 0. The molecule has 4 aromatic rings. The highest BCUT2D eigenvalue weighted by atomic mass is 19.1. The van der Waals surface area contributed by atoms with Crippen LogP contribution in [0, 0.1) is 25.5 Å². The summed E-state index contributed by atoms with van der Waals surface area (Å²) in [6.45, 7) is 10.8. The molecule has 2 aromatic heterocycles. The van der Waals surface area contributed by atoms with Gasteiger partial charge in [-0.2, -0.15) is 5.10 Å². The number of urea groups is 1. The molecule has 0 unspecified atom stereocenters. The van der Waals surface area contributed by atoms with Gasteiger partial charge in [-0.05, 0) is 44.2 Å². The van der Waals surface area contributed by atoms with Gasteiger partial charge in [-0.25, -0.2) is 23.2 Å². The number of anilines is 2. The number of halogens is 2. The number of piperidine rings is 1. The van der Waals surface area contributed by atoms with Crippen LogP contribution in [0.1, 0.15) is 60.8 Å². The van der Waals surface area contributed by atoms with Crippen molar-refractivity contribution in [3.63, 3.8) is 0 Å². The Hall–Kier alpha value is -4.80. The van der Waals surface area contributed by atoms with Crippen LogP contribution in [0.3, 0.4) is 0 Å². The Morgan fingerprint density at radius 3 is 2.30 bits per heavy atom. The van der Waals surface area contributed by atoms with Crippen LogP contribution in [0.5, 0.6) is 5.88 Å². The zero-order valence-corrected chi connectivity index (χ0v) is 25.4. The maximum absolute atomic E-state index is 14.1. The van der Waals surface area contributed by atoms with Crippen molar-refractivity contribution in [1.82, 2.24) is 19.7 Å². The molecule has 230 valence electrons. The monoisotopic (exact) mass is 602 g/mol. The highest BCUT2D eigenvalue weighted by Gasteiger charge is 2.27. The third-order valence-corrected chi connectivity index (χ3v) is 7.46. The van der Waals surface area contributed by atoms with Gasteiger partial charge >= 0.3 is 6.03 Å². The molecule has 5 rings (SSSR count). The number of aryl methyl sites for hydroxylation is 2. The molecule has 3 heterocycles. The normalized spacial score (nSPS) is 13.9. The summed E-state index contributed by atoms with van der Waals surface area (Å²) in [5.74, 6) is -1.11. The minimum Gasteiger partial charge on any atom is -0.474 e. The molecule has 2 aromatic carbocycles. The average Bonchev–Trinajstić information content (AvgIpc) is 3.39. The largest absolute Gasteiger partial charge is 0.474 e. The Morgan fingerprint density at radius 1 is 0.955 bits per heavy atom. The van der Waals surface area contributed by atoms with Gasteiger partial charge in [0, 0.05) is 49.0 Å². The molecule has 1 fully saturated rings. The smallest absolute Gasteiger partial charge is 0.324 e. The minimum absolute atomic E-state index is 0.148. The summed E-state index contributed by atoms with van der Waals surface area (Å²) in [4.78, 5) is 31.7. The van der Waals surface area contributed by atoms with Crippen LogP contribution in [0.15, 0.2) is 60.8 Å². The molecule has 0 aliphatic carbocycles. The highest BCUT2D eigenvalue weighted by molar-refractivity contribution is 5.99. The van der Waals surface area contributed by atoms with Gasteiger partial charge < -0.3 is 15.0 Å². The molecular formula is C33H36F2N6O3. The quantitative estimate of drug-likeness (QED) is 0.253. The van der Waals surface area contributed by atoms with Crippen LogP contribution >= 0.6 is 0 Å². The van der Waals surface area contributed by atoms with E-state index in [-0.39, 0.29) is 17.1 Å². The molecule has 1 aliphatic rings. The number of nitrogens with one attached hydrogen (secondary N) is 2. The van der Waals surface area contributed by atoms with Crippen molar-refractivity contribution in [2.75, 3.05) is 23.7 Å². The lowest BCUT2D eigenvalue weighted by Gasteiger charge is -2.32. The molecular weight excluding hydrogens is 566 g/mol. The first-order valence-electron chi connectivity index (χ1n) is 14.5. The predicted octanol–water partition coefficient (Wildman–Crippen LogP) is 6.79. The van der Waals surface area contributed by atoms with Crippen LogP contribution in [0.2, 0.25) is 0 Å². The number of carbonyl (C=O) groups excluding carboxylic acids is 2. The first-order chi connectivity index (χ1) is 20.9. The van der Waals surface area contributed by atoms with E-state index in [9.17, 15) is 18.4 Å². The number of amides is 3. The number of rotatable bonds is 6. The molecule has 0 bridgehead atoms. The number of hydrogen-bond acceptors (Lipinski definition) is 5. The number of ether oxygens (including phenoxy) is 1. The van der Waals surface area contributed by atoms with Crippen molar-refractivity contribution in [3.8, 4) is 11.6 Å². The van der Waals surface area contributed by atoms with Crippen molar-refractivity contribution in [3.05, 3.63) is 94.8 Å². The Morgan fingerprint density at radius 2 is 1.66 bits per heavy atom. The number of aromatic nitrogens is 3. The molecule has 11 heteroatoms. The van der Waals surface area contributed by atoms with Gasteiger partial charge in [0.15, 0.2) is 0 Å². The highest BCUT2D eigenvalue weighted by Crippen LogP contribution is 2.28. The summed E-state index contributed by atoms with van der Waals surface area (Å²) in [5.41, 5.74) is 3.65. The number of benzene rings is 2. The fourth-order valence-electron chi connectivity index (χ4n) is 4.92. The second kappa shape index (κ2) is 12.4. The summed E-state index contributed by atoms with van der Waals surface area (Å²) in [7, 11) is 0. The zero-order chi connectivity index (χ0) is 31.6. The van der Waals surface area contributed by atoms with Crippen molar-refractivity contribution in [2.24, 2.45) is 0 Å². The van der Waals surface area contributed by atoms with E-state index in [1.54, 1.807) is 10.7 Å². The van der Waals surface area contributed by atoms with Gasteiger partial charge in [0.1, 0.15) is 23.6 Å². The number of likely N-dealkylation sites (tertiary alicyclic amines) is 1. The Labute approximate surface area is 255 Å². The van der Waals surface area contributed by atoms with Crippen molar-refractivity contribution in [1.29, 1.82) is 0 Å². The molecule has 0 spiro atoms. The molecule has 2 N–H and O–H groups in total. The fraction of sp³-hybridized carbons (Fsp3) is 0.333. The second-order valence-electron chi connectivity index (χ2n) is 12.1. The van der Waals surface area contributed by atoms with E-state index in [1.807, 2.05) is 44.2 Å². The van der Waals surface area contributed by atoms with Crippen molar-refractivity contribution >= 4 is 23.4 Å². The molecule has 9 nitrogen and oxygen atoms in total. The van der Waals surface area contributed by atoms with E-state index in [0.717, 1.165) is 28.6 Å². The van der Waals surface area contributed by atoms with Gasteiger partial charge in [-0.3, -0.25) is 10.1 Å². The van der Waals surface area contributed by atoms with E-state index in [1.165, 1.54) is 17.2 Å². The summed E-state index contributed by atoms with van der Waals surface area (Å²) in [5, 5.41) is 10.5. The lowest BCUT2D eigenvalue weighted by atomic mass is 9.92. The zero-order valence-electron chi connectivity index (χ0n) is 25.4. The first kappa shape index (κ1) is 30.7. The maximum Gasteiger partial charge on any atom is 0.324 e. The van der Waals surface area contributed by atoms with Gasteiger partial charge in [0.25, 0.3) is 5.91 Å². The second-order valence-corrected chi connectivity index (χ2v) is 12.1. The third-order valence-electron chi connectivity index (χ3n) is 7.46. The van der Waals surface area contributed by atoms with Crippen molar-refractivity contribution in [2.45, 2.75) is 59.0 Å². The maximum atomic E-state index is 14.1. The first-order valence-corrected chi connectivity index (χ1v) is 14.5. The van der Waals surface area contributed by atoms with Gasteiger partial charge in [-0.15, -0.1) is 0 Å². The average molecular weight is 603 g/mol. The van der Waals surface area contributed by atoms with Gasteiger partial charge in [0.05, 0.1) is 28.8 Å². The summed E-state index contributed by atoms with van der Waals surface area (Å²) < 4.78 is 35.1. The molecule has 0 radical (unpaired) electrons.